The minimum atomic E-state index is -0.0556. The van der Waals surface area contributed by atoms with Crippen LogP contribution >= 0.6 is 0 Å². The van der Waals surface area contributed by atoms with Gasteiger partial charge in [0.15, 0.2) is 0 Å². The summed E-state index contributed by atoms with van der Waals surface area (Å²) in [6.07, 6.45) is 0. The van der Waals surface area contributed by atoms with Crippen molar-refractivity contribution in [1.29, 1.82) is 0 Å². The summed E-state index contributed by atoms with van der Waals surface area (Å²) >= 11 is 0. The van der Waals surface area contributed by atoms with Crippen molar-refractivity contribution in [3.8, 4) is 0 Å². The van der Waals surface area contributed by atoms with E-state index in [9.17, 15) is 4.79 Å². The van der Waals surface area contributed by atoms with Crippen LogP contribution in [-0.4, -0.2) is 5.91 Å². The molecule has 3 heteroatoms. The van der Waals surface area contributed by atoms with Crippen LogP contribution in [0.4, 0.5) is 5.69 Å². The second-order valence-electron chi connectivity index (χ2n) is 3.03. The van der Waals surface area contributed by atoms with Crippen molar-refractivity contribution in [1.82, 2.24) is 0 Å². The summed E-state index contributed by atoms with van der Waals surface area (Å²) in [5.74, 6) is -0.0556. The van der Waals surface area contributed by atoms with Crippen LogP contribution in [0.15, 0.2) is 18.2 Å². The Kier molecular flexibility index (Phi) is 3.03. The SMILES string of the molecule is CC(=O)Nc1ccc(CN)c(C)c1. The first-order valence-electron chi connectivity index (χ1n) is 4.20. The summed E-state index contributed by atoms with van der Waals surface area (Å²) in [6, 6.07) is 5.71. The number of amides is 1. The minimum absolute atomic E-state index is 0.0556. The highest BCUT2D eigenvalue weighted by Crippen LogP contribution is 2.14. The molecule has 0 fully saturated rings. The normalized spacial score (nSPS) is 9.77. The highest BCUT2D eigenvalue weighted by molar-refractivity contribution is 5.88. The first-order valence-corrected chi connectivity index (χ1v) is 4.20. The largest absolute Gasteiger partial charge is 0.326 e. The molecule has 1 rings (SSSR count). The van der Waals surface area contributed by atoms with Gasteiger partial charge in [-0.05, 0) is 30.2 Å². The molecule has 0 aromatic heterocycles. The molecule has 0 aliphatic heterocycles. The Balaban J connectivity index is 2.89. The molecule has 0 atom stereocenters. The van der Waals surface area contributed by atoms with Crippen LogP contribution in [-0.2, 0) is 11.3 Å². The van der Waals surface area contributed by atoms with E-state index in [-0.39, 0.29) is 5.91 Å². The van der Waals surface area contributed by atoms with Crippen LogP contribution in [0.1, 0.15) is 18.1 Å². The Morgan fingerprint density at radius 3 is 2.69 bits per heavy atom. The van der Waals surface area contributed by atoms with Gasteiger partial charge in [0.1, 0.15) is 0 Å². The zero-order valence-electron chi connectivity index (χ0n) is 7.92. The number of hydrogen-bond acceptors (Lipinski definition) is 2. The van der Waals surface area contributed by atoms with Gasteiger partial charge in [-0.2, -0.15) is 0 Å². The van der Waals surface area contributed by atoms with E-state index in [1.807, 2.05) is 25.1 Å². The Morgan fingerprint density at radius 2 is 2.23 bits per heavy atom. The lowest BCUT2D eigenvalue weighted by Gasteiger charge is -2.06. The first kappa shape index (κ1) is 9.74. The van der Waals surface area contributed by atoms with Crippen molar-refractivity contribution in [3.63, 3.8) is 0 Å². The topological polar surface area (TPSA) is 55.1 Å². The third-order valence-electron chi connectivity index (χ3n) is 1.88. The average Bonchev–Trinajstić information content (AvgIpc) is 2.03. The molecule has 13 heavy (non-hydrogen) atoms. The molecule has 0 aliphatic rings. The van der Waals surface area contributed by atoms with Crippen LogP contribution in [0, 0.1) is 6.92 Å². The van der Waals surface area contributed by atoms with Crippen molar-refractivity contribution in [3.05, 3.63) is 29.3 Å². The molecule has 0 bridgehead atoms. The number of nitrogens with two attached hydrogens (primary N) is 1. The van der Waals surface area contributed by atoms with Gasteiger partial charge < -0.3 is 11.1 Å². The quantitative estimate of drug-likeness (QED) is 0.719. The number of benzene rings is 1. The molecule has 3 N–H and O–H groups in total. The lowest BCUT2D eigenvalue weighted by atomic mass is 10.1. The molecule has 1 aromatic rings. The minimum Gasteiger partial charge on any atom is -0.326 e. The number of aryl methyl sites for hydroxylation is 1. The van der Waals surface area contributed by atoms with Crippen LogP contribution in [0.5, 0.6) is 0 Å². The molecule has 1 amide bonds. The van der Waals surface area contributed by atoms with Gasteiger partial charge in [0.05, 0.1) is 0 Å². The van der Waals surface area contributed by atoms with Gasteiger partial charge in [0.2, 0.25) is 5.91 Å². The molecule has 1 aromatic carbocycles. The van der Waals surface area contributed by atoms with E-state index in [1.165, 1.54) is 6.92 Å². The average molecular weight is 178 g/mol. The summed E-state index contributed by atoms with van der Waals surface area (Å²) in [4.78, 5) is 10.7. The Hall–Kier alpha value is -1.35. The molecule has 70 valence electrons. The molecule has 0 radical (unpaired) electrons. The second-order valence-corrected chi connectivity index (χ2v) is 3.03. The zero-order valence-corrected chi connectivity index (χ0v) is 7.92. The van der Waals surface area contributed by atoms with Crippen LogP contribution in [0.2, 0.25) is 0 Å². The molecular formula is C10H14N2O. The van der Waals surface area contributed by atoms with E-state index in [1.54, 1.807) is 0 Å². The molecule has 3 nitrogen and oxygen atoms in total. The molecule has 0 heterocycles. The number of rotatable bonds is 2. The fourth-order valence-corrected chi connectivity index (χ4v) is 1.21. The predicted octanol–water partition coefficient (Wildman–Crippen LogP) is 1.41. The van der Waals surface area contributed by atoms with Crippen LogP contribution in [0.25, 0.3) is 0 Å². The molecule has 0 unspecified atom stereocenters. The van der Waals surface area contributed by atoms with Crippen LogP contribution in [0.3, 0.4) is 0 Å². The standard InChI is InChI=1S/C10H14N2O/c1-7-5-10(12-8(2)13)4-3-9(7)6-11/h3-5H,6,11H2,1-2H3,(H,12,13). The maximum absolute atomic E-state index is 10.7. The molecule has 0 aliphatic carbocycles. The number of hydrogen-bond donors (Lipinski definition) is 2. The number of nitrogens with one attached hydrogen (secondary N) is 1. The van der Waals surface area contributed by atoms with Gasteiger partial charge in [-0.3, -0.25) is 4.79 Å². The van der Waals surface area contributed by atoms with Crippen molar-refractivity contribution in [2.45, 2.75) is 20.4 Å². The second kappa shape index (κ2) is 4.05. The number of carbonyl (C=O) groups excluding carboxylic acids is 1. The Morgan fingerprint density at radius 1 is 1.54 bits per heavy atom. The van der Waals surface area contributed by atoms with Crippen molar-refractivity contribution >= 4 is 11.6 Å². The summed E-state index contributed by atoms with van der Waals surface area (Å²) in [5, 5.41) is 2.72. The molecular weight excluding hydrogens is 164 g/mol. The highest BCUT2D eigenvalue weighted by atomic mass is 16.1. The van der Waals surface area contributed by atoms with Gasteiger partial charge in [-0.1, -0.05) is 6.07 Å². The lowest BCUT2D eigenvalue weighted by Crippen LogP contribution is -2.06. The molecule has 0 saturated heterocycles. The van der Waals surface area contributed by atoms with Crippen molar-refractivity contribution < 1.29 is 4.79 Å². The first-order chi connectivity index (χ1) is 6.13. The van der Waals surface area contributed by atoms with Gasteiger partial charge in [0, 0.05) is 19.2 Å². The highest BCUT2D eigenvalue weighted by Gasteiger charge is 1.99. The van der Waals surface area contributed by atoms with Gasteiger partial charge in [0.25, 0.3) is 0 Å². The van der Waals surface area contributed by atoms with E-state index >= 15 is 0 Å². The van der Waals surface area contributed by atoms with E-state index in [4.69, 9.17) is 5.73 Å². The van der Waals surface area contributed by atoms with E-state index in [0.29, 0.717) is 6.54 Å². The summed E-state index contributed by atoms with van der Waals surface area (Å²) in [5.41, 5.74) is 8.55. The summed E-state index contributed by atoms with van der Waals surface area (Å²) < 4.78 is 0. The molecule has 0 saturated carbocycles. The fourth-order valence-electron chi connectivity index (χ4n) is 1.21. The third-order valence-corrected chi connectivity index (χ3v) is 1.88. The van der Waals surface area contributed by atoms with Crippen molar-refractivity contribution in [2.24, 2.45) is 5.73 Å². The smallest absolute Gasteiger partial charge is 0.221 e. The molecule has 0 spiro atoms. The maximum Gasteiger partial charge on any atom is 0.221 e. The van der Waals surface area contributed by atoms with E-state index in [2.05, 4.69) is 5.32 Å². The lowest BCUT2D eigenvalue weighted by molar-refractivity contribution is -0.114. The maximum atomic E-state index is 10.7. The number of anilines is 1. The monoisotopic (exact) mass is 178 g/mol. The Labute approximate surface area is 77.9 Å². The van der Waals surface area contributed by atoms with Crippen molar-refractivity contribution in [2.75, 3.05) is 5.32 Å². The third kappa shape index (κ3) is 2.56. The van der Waals surface area contributed by atoms with Gasteiger partial charge >= 0.3 is 0 Å². The van der Waals surface area contributed by atoms with E-state index < -0.39 is 0 Å². The predicted molar refractivity (Wildman–Crippen MR) is 53.4 cm³/mol. The summed E-state index contributed by atoms with van der Waals surface area (Å²) in [6.45, 7) is 4.01. The Bertz CT molecular complexity index is 321. The van der Waals surface area contributed by atoms with Gasteiger partial charge in [-0.25, -0.2) is 0 Å². The van der Waals surface area contributed by atoms with Crippen LogP contribution < -0.4 is 11.1 Å². The number of carbonyl (C=O) groups is 1. The van der Waals surface area contributed by atoms with Gasteiger partial charge in [-0.15, -0.1) is 0 Å². The zero-order chi connectivity index (χ0) is 9.84. The van der Waals surface area contributed by atoms with E-state index in [0.717, 1.165) is 16.8 Å². The fraction of sp³-hybridized carbons (Fsp3) is 0.300. The summed E-state index contributed by atoms with van der Waals surface area (Å²) in [7, 11) is 0.